The molecule has 0 saturated carbocycles. The summed E-state index contributed by atoms with van der Waals surface area (Å²) in [5.41, 5.74) is 7.89. The highest BCUT2D eigenvalue weighted by atomic mass is 15.1. The molecule has 1 heterocycles. The lowest BCUT2D eigenvalue weighted by Crippen LogP contribution is -1.95. The zero-order chi connectivity index (χ0) is 14.8. The third-order valence-electron chi connectivity index (χ3n) is 3.67. The molecule has 0 unspecified atom stereocenters. The minimum absolute atomic E-state index is 0.904. The van der Waals surface area contributed by atoms with Gasteiger partial charge in [-0.25, -0.2) is 0 Å². The normalized spacial score (nSPS) is 10.6. The molecule has 2 heteroatoms. The van der Waals surface area contributed by atoms with Gasteiger partial charge in [-0.3, -0.25) is 0 Å². The molecule has 2 nitrogen and oxygen atoms in total. The van der Waals surface area contributed by atoms with Gasteiger partial charge in [-0.05, 0) is 44.0 Å². The Morgan fingerprint density at radius 2 is 1.24 bits per heavy atom. The molecule has 0 saturated heterocycles. The average Bonchev–Trinajstić information content (AvgIpc) is 2.48. The van der Waals surface area contributed by atoms with E-state index in [2.05, 4.69) is 49.2 Å². The summed E-state index contributed by atoms with van der Waals surface area (Å²) in [7, 11) is 0. The van der Waals surface area contributed by atoms with Crippen molar-refractivity contribution in [3.05, 3.63) is 71.3 Å². The summed E-state index contributed by atoms with van der Waals surface area (Å²) in [6, 6.07) is 18.6. The molecule has 0 aliphatic rings. The number of benzene rings is 2. The van der Waals surface area contributed by atoms with Crippen molar-refractivity contribution in [3.63, 3.8) is 0 Å². The summed E-state index contributed by atoms with van der Waals surface area (Å²) < 4.78 is 0. The molecule has 0 atom stereocenters. The number of rotatable bonds is 2. The van der Waals surface area contributed by atoms with Gasteiger partial charge in [0.15, 0.2) is 0 Å². The Labute approximate surface area is 125 Å². The maximum Gasteiger partial charge on any atom is 0.0935 e. The minimum Gasteiger partial charge on any atom is -0.150 e. The number of nitrogens with zero attached hydrogens (tertiary/aromatic N) is 2. The van der Waals surface area contributed by atoms with Crippen LogP contribution in [0.2, 0.25) is 0 Å². The maximum atomic E-state index is 4.43. The molecule has 0 bridgehead atoms. The third-order valence-corrected chi connectivity index (χ3v) is 3.67. The number of aryl methyl sites for hydroxylation is 3. The smallest absolute Gasteiger partial charge is 0.0935 e. The molecular weight excluding hydrogens is 256 g/mol. The molecule has 0 radical (unpaired) electrons. The third kappa shape index (κ3) is 2.70. The van der Waals surface area contributed by atoms with Gasteiger partial charge in [-0.2, -0.15) is 0 Å². The first kappa shape index (κ1) is 13.5. The minimum atomic E-state index is 0.904. The first-order valence-electron chi connectivity index (χ1n) is 7.12. The Hall–Kier alpha value is -2.48. The summed E-state index contributed by atoms with van der Waals surface area (Å²) in [4.78, 5) is 0. The molecule has 0 fully saturated rings. The van der Waals surface area contributed by atoms with Crippen LogP contribution in [0.5, 0.6) is 0 Å². The van der Waals surface area contributed by atoms with Crippen molar-refractivity contribution in [1.29, 1.82) is 0 Å². The molecule has 21 heavy (non-hydrogen) atoms. The van der Waals surface area contributed by atoms with Crippen molar-refractivity contribution in [2.75, 3.05) is 0 Å². The molecule has 3 rings (SSSR count). The monoisotopic (exact) mass is 274 g/mol. The summed E-state index contributed by atoms with van der Waals surface area (Å²) in [6.45, 7) is 6.37. The van der Waals surface area contributed by atoms with E-state index < -0.39 is 0 Å². The highest BCUT2D eigenvalue weighted by molar-refractivity contribution is 5.69. The van der Waals surface area contributed by atoms with Gasteiger partial charge in [-0.15, -0.1) is 10.2 Å². The lowest BCUT2D eigenvalue weighted by atomic mass is 9.97. The second kappa shape index (κ2) is 5.49. The molecular formula is C19H18N2. The fourth-order valence-corrected chi connectivity index (χ4v) is 2.81. The molecule has 0 aliphatic heterocycles. The van der Waals surface area contributed by atoms with E-state index in [1.807, 2.05) is 36.4 Å². The van der Waals surface area contributed by atoms with Crippen molar-refractivity contribution in [2.45, 2.75) is 20.8 Å². The number of hydrogen-bond acceptors (Lipinski definition) is 2. The van der Waals surface area contributed by atoms with Crippen molar-refractivity contribution in [2.24, 2.45) is 0 Å². The first-order valence-corrected chi connectivity index (χ1v) is 7.12. The SMILES string of the molecule is Cc1cc(C)c(-c2ccc(-c3ccccc3)nn2)c(C)c1. The summed E-state index contributed by atoms with van der Waals surface area (Å²) >= 11 is 0. The van der Waals surface area contributed by atoms with Crippen molar-refractivity contribution >= 4 is 0 Å². The molecule has 104 valence electrons. The summed E-state index contributed by atoms with van der Waals surface area (Å²) in [5, 5.41) is 8.81. The molecule has 3 aromatic rings. The average molecular weight is 274 g/mol. The van der Waals surface area contributed by atoms with E-state index in [0.29, 0.717) is 0 Å². The van der Waals surface area contributed by atoms with E-state index in [1.165, 1.54) is 22.3 Å². The van der Waals surface area contributed by atoms with E-state index in [0.717, 1.165) is 17.0 Å². The van der Waals surface area contributed by atoms with Crippen LogP contribution in [0.4, 0.5) is 0 Å². The van der Waals surface area contributed by atoms with Crippen LogP contribution >= 0.6 is 0 Å². The lowest BCUT2D eigenvalue weighted by Gasteiger charge is -2.10. The van der Waals surface area contributed by atoms with Gasteiger partial charge in [0.1, 0.15) is 0 Å². The van der Waals surface area contributed by atoms with Gasteiger partial charge in [0.25, 0.3) is 0 Å². The largest absolute Gasteiger partial charge is 0.150 e. The zero-order valence-electron chi connectivity index (χ0n) is 12.6. The van der Waals surface area contributed by atoms with Crippen LogP contribution < -0.4 is 0 Å². The fraction of sp³-hybridized carbons (Fsp3) is 0.158. The Kier molecular flexibility index (Phi) is 3.53. The van der Waals surface area contributed by atoms with Crippen LogP contribution in [0.25, 0.3) is 22.5 Å². The van der Waals surface area contributed by atoms with Crippen LogP contribution in [0.15, 0.2) is 54.6 Å². The zero-order valence-corrected chi connectivity index (χ0v) is 12.6. The van der Waals surface area contributed by atoms with Gasteiger partial charge in [0.05, 0.1) is 11.4 Å². The molecule has 2 aromatic carbocycles. The maximum absolute atomic E-state index is 4.43. The van der Waals surface area contributed by atoms with Crippen molar-refractivity contribution < 1.29 is 0 Å². The molecule has 1 aromatic heterocycles. The van der Waals surface area contributed by atoms with Crippen LogP contribution in [0.1, 0.15) is 16.7 Å². The van der Waals surface area contributed by atoms with E-state index in [4.69, 9.17) is 0 Å². The predicted octanol–water partition coefficient (Wildman–Crippen LogP) is 4.74. The van der Waals surface area contributed by atoms with E-state index >= 15 is 0 Å². The summed E-state index contributed by atoms with van der Waals surface area (Å²) in [6.07, 6.45) is 0. The van der Waals surface area contributed by atoms with Gasteiger partial charge in [0.2, 0.25) is 0 Å². The van der Waals surface area contributed by atoms with Gasteiger partial charge < -0.3 is 0 Å². The van der Waals surface area contributed by atoms with E-state index in [-0.39, 0.29) is 0 Å². The number of hydrogen-bond donors (Lipinski definition) is 0. The molecule has 0 N–H and O–H groups in total. The van der Waals surface area contributed by atoms with E-state index in [1.54, 1.807) is 0 Å². The lowest BCUT2D eigenvalue weighted by molar-refractivity contribution is 1.04. The standard InChI is InChI=1S/C19H18N2/c1-13-11-14(2)19(15(3)12-13)18-10-9-17(20-21-18)16-7-5-4-6-8-16/h4-12H,1-3H3. The second-order valence-corrected chi connectivity index (χ2v) is 5.44. The van der Waals surface area contributed by atoms with Gasteiger partial charge in [-0.1, -0.05) is 48.0 Å². The summed E-state index contributed by atoms with van der Waals surface area (Å²) in [5.74, 6) is 0. The topological polar surface area (TPSA) is 25.8 Å². The van der Waals surface area contributed by atoms with Crippen LogP contribution in [-0.4, -0.2) is 10.2 Å². The van der Waals surface area contributed by atoms with Crippen LogP contribution in [0.3, 0.4) is 0 Å². The highest BCUT2D eigenvalue weighted by Crippen LogP contribution is 2.27. The Morgan fingerprint density at radius 3 is 1.81 bits per heavy atom. The Balaban J connectivity index is 2.03. The quantitative estimate of drug-likeness (QED) is 0.674. The fourth-order valence-electron chi connectivity index (χ4n) is 2.81. The first-order chi connectivity index (χ1) is 10.1. The molecule has 0 spiro atoms. The Bertz CT molecular complexity index is 736. The van der Waals surface area contributed by atoms with Crippen molar-refractivity contribution in [3.8, 4) is 22.5 Å². The van der Waals surface area contributed by atoms with Gasteiger partial charge in [0, 0.05) is 11.1 Å². The molecule has 0 aliphatic carbocycles. The van der Waals surface area contributed by atoms with Crippen LogP contribution in [-0.2, 0) is 0 Å². The number of aromatic nitrogens is 2. The predicted molar refractivity (Wildman–Crippen MR) is 87.1 cm³/mol. The second-order valence-electron chi connectivity index (χ2n) is 5.44. The van der Waals surface area contributed by atoms with Crippen molar-refractivity contribution in [1.82, 2.24) is 10.2 Å². The van der Waals surface area contributed by atoms with E-state index in [9.17, 15) is 0 Å². The Morgan fingerprint density at radius 1 is 0.667 bits per heavy atom. The van der Waals surface area contributed by atoms with Gasteiger partial charge >= 0.3 is 0 Å². The highest BCUT2D eigenvalue weighted by Gasteiger charge is 2.09. The molecule has 0 amide bonds. The van der Waals surface area contributed by atoms with Crippen LogP contribution in [0, 0.1) is 20.8 Å².